The van der Waals surface area contributed by atoms with Gasteiger partial charge in [-0.25, -0.2) is 4.57 Å². The Bertz CT molecular complexity index is 1060. The average Bonchev–Trinajstić information content (AvgIpc) is 3.20. The number of quaternary nitrogens is 1. The fraction of sp³-hybridized carbons (Fsp3) is 0.863. The molecule has 354 valence electrons. The molecule has 0 saturated carbocycles. The molecule has 1 N–H and O–H groups in total. The number of hydrogen-bond acceptors (Lipinski definition) is 6. The van der Waals surface area contributed by atoms with Crippen molar-refractivity contribution in [2.45, 2.75) is 232 Å². The summed E-state index contributed by atoms with van der Waals surface area (Å²) in [5.41, 5.74) is 0. The lowest BCUT2D eigenvalue weighted by atomic mass is 10.0. The molecular formula is C51H99NO7P+. The number of carbonyl (C=O) groups excluding carboxylic acids is 1. The predicted octanol–water partition coefficient (Wildman–Crippen LogP) is 15.3. The molecular weight excluding hydrogens is 770 g/mol. The minimum absolute atomic E-state index is 0.0866. The lowest BCUT2D eigenvalue weighted by Crippen LogP contribution is -2.37. The quantitative estimate of drug-likeness (QED) is 0.0214. The highest BCUT2D eigenvalue weighted by molar-refractivity contribution is 7.47. The second-order valence-electron chi connectivity index (χ2n) is 18.2. The number of carbonyl (C=O) groups is 1. The van der Waals surface area contributed by atoms with E-state index in [1.54, 1.807) is 0 Å². The van der Waals surface area contributed by atoms with E-state index < -0.39 is 13.9 Å². The number of rotatable bonds is 47. The van der Waals surface area contributed by atoms with Gasteiger partial charge in [0, 0.05) is 13.0 Å². The molecule has 0 radical (unpaired) electrons. The van der Waals surface area contributed by atoms with Crippen LogP contribution in [0.25, 0.3) is 0 Å². The Kier molecular flexibility index (Phi) is 43.4. The normalized spacial score (nSPS) is 13.9. The molecule has 0 aromatic heterocycles. The molecule has 8 nitrogen and oxygen atoms in total. The highest BCUT2D eigenvalue weighted by Crippen LogP contribution is 2.43. The van der Waals surface area contributed by atoms with Gasteiger partial charge < -0.3 is 18.9 Å². The molecule has 0 fully saturated rings. The second-order valence-corrected chi connectivity index (χ2v) is 19.6. The molecule has 2 unspecified atom stereocenters. The molecule has 0 heterocycles. The van der Waals surface area contributed by atoms with Crippen molar-refractivity contribution in [3.63, 3.8) is 0 Å². The Morgan fingerprint density at radius 3 is 1.42 bits per heavy atom. The lowest BCUT2D eigenvalue weighted by Gasteiger charge is -2.24. The summed E-state index contributed by atoms with van der Waals surface area (Å²) < 4.78 is 35.1. The summed E-state index contributed by atoms with van der Waals surface area (Å²) in [5, 5.41) is 0. The molecule has 0 aromatic rings. The maximum atomic E-state index is 12.8. The molecule has 0 rings (SSSR count). The van der Waals surface area contributed by atoms with Crippen LogP contribution in [0.1, 0.15) is 226 Å². The molecule has 0 amide bonds. The van der Waals surface area contributed by atoms with Crippen LogP contribution < -0.4 is 0 Å². The maximum absolute atomic E-state index is 12.8. The Morgan fingerprint density at radius 1 is 0.517 bits per heavy atom. The van der Waals surface area contributed by atoms with E-state index in [-0.39, 0.29) is 25.8 Å². The number of phosphoric acid groups is 1. The van der Waals surface area contributed by atoms with Crippen LogP contribution >= 0.6 is 7.82 Å². The van der Waals surface area contributed by atoms with Crippen LogP contribution in [0, 0.1) is 0 Å². The van der Waals surface area contributed by atoms with E-state index in [2.05, 4.69) is 50.3 Å². The minimum Gasteiger partial charge on any atom is -0.457 e. The number of unbranched alkanes of at least 4 members (excludes halogenated alkanes) is 27. The van der Waals surface area contributed by atoms with Gasteiger partial charge in [0.2, 0.25) is 0 Å². The summed E-state index contributed by atoms with van der Waals surface area (Å²) >= 11 is 0. The predicted molar refractivity (Wildman–Crippen MR) is 256 cm³/mol. The topological polar surface area (TPSA) is 91.3 Å². The van der Waals surface area contributed by atoms with Crippen molar-refractivity contribution in [2.75, 3.05) is 54.1 Å². The minimum atomic E-state index is -4.28. The summed E-state index contributed by atoms with van der Waals surface area (Å²) in [6.07, 6.45) is 53.3. The molecule has 0 bridgehead atoms. The van der Waals surface area contributed by atoms with Gasteiger partial charge in [-0.3, -0.25) is 13.8 Å². The van der Waals surface area contributed by atoms with Gasteiger partial charge in [0.05, 0.1) is 34.4 Å². The van der Waals surface area contributed by atoms with Crippen LogP contribution in [0.2, 0.25) is 0 Å². The van der Waals surface area contributed by atoms with E-state index in [9.17, 15) is 14.3 Å². The first-order valence-corrected chi connectivity index (χ1v) is 26.7. The molecule has 0 aromatic carbocycles. The van der Waals surface area contributed by atoms with Gasteiger partial charge in [-0.15, -0.1) is 0 Å². The van der Waals surface area contributed by atoms with Crippen molar-refractivity contribution in [1.82, 2.24) is 0 Å². The van der Waals surface area contributed by atoms with E-state index in [4.69, 9.17) is 18.5 Å². The van der Waals surface area contributed by atoms with Gasteiger partial charge in [-0.2, -0.15) is 0 Å². The van der Waals surface area contributed by atoms with Gasteiger partial charge in [-0.05, 0) is 64.2 Å². The SMILES string of the molecule is CCCC/C=C\C/C=C\CCCCCCCCOCC(COP(=O)(O)OCC[N+](C)(C)C)OC(=O)CCCCCCCCCCCCC/C=C\CCCCCCCCCC. The number of allylic oxidation sites excluding steroid dienone is 6. The summed E-state index contributed by atoms with van der Waals surface area (Å²) in [6.45, 7) is 5.59. The van der Waals surface area contributed by atoms with Crippen LogP contribution in [-0.2, 0) is 27.9 Å². The molecule has 0 saturated heterocycles. The van der Waals surface area contributed by atoms with Crippen LogP contribution in [0.3, 0.4) is 0 Å². The third-order valence-corrected chi connectivity index (χ3v) is 11.9. The smallest absolute Gasteiger partial charge is 0.457 e. The summed E-state index contributed by atoms with van der Waals surface area (Å²) in [7, 11) is 1.66. The summed E-state index contributed by atoms with van der Waals surface area (Å²) in [6, 6.07) is 0. The van der Waals surface area contributed by atoms with E-state index in [0.29, 0.717) is 24.1 Å². The van der Waals surface area contributed by atoms with E-state index in [1.165, 1.54) is 161 Å². The lowest BCUT2D eigenvalue weighted by molar-refractivity contribution is -0.870. The van der Waals surface area contributed by atoms with Crippen molar-refractivity contribution in [1.29, 1.82) is 0 Å². The number of hydrogen-bond donors (Lipinski definition) is 1. The van der Waals surface area contributed by atoms with Crippen molar-refractivity contribution in [2.24, 2.45) is 0 Å². The van der Waals surface area contributed by atoms with Crippen molar-refractivity contribution in [3.05, 3.63) is 36.5 Å². The molecule has 0 aliphatic heterocycles. The highest BCUT2D eigenvalue weighted by atomic mass is 31.2. The van der Waals surface area contributed by atoms with Crippen molar-refractivity contribution >= 4 is 13.8 Å². The van der Waals surface area contributed by atoms with E-state index in [0.717, 1.165) is 44.9 Å². The van der Waals surface area contributed by atoms with E-state index in [1.807, 2.05) is 21.1 Å². The second kappa shape index (κ2) is 44.3. The van der Waals surface area contributed by atoms with Gasteiger partial charge in [0.1, 0.15) is 19.3 Å². The zero-order valence-corrected chi connectivity index (χ0v) is 41.1. The fourth-order valence-electron chi connectivity index (χ4n) is 6.98. The van der Waals surface area contributed by atoms with Gasteiger partial charge in [0.25, 0.3) is 0 Å². The largest absolute Gasteiger partial charge is 0.472 e. The number of ether oxygens (including phenoxy) is 2. The zero-order valence-electron chi connectivity index (χ0n) is 40.2. The Labute approximate surface area is 372 Å². The van der Waals surface area contributed by atoms with Crippen molar-refractivity contribution < 1.29 is 37.3 Å². The standard InChI is InChI=1S/C51H98NO7P/c1-6-8-10-12-14-16-18-20-22-23-24-25-26-27-28-29-30-32-34-36-38-40-42-44-51(53)59-50(49-58-60(54,55)57-47-45-52(3,4)5)48-56-46-43-41-39-37-35-33-31-21-19-17-15-13-11-9-7-2/h13,15,19,21,23-24,50H,6-12,14,16-18,20,22,25-49H2,1-5H3/p+1/b15-13-,21-19-,24-23-. The third-order valence-electron chi connectivity index (χ3n) is 10.9. The van der Waals surface area contributed by atoms with Gasteiger partial charge >= 0.3 is 13.8 Å². The molecule has 0 spiro atoms. The van der Waals surface area contributed by atoms with Crippen LogP contribution in [-0.4, -0.2) is 75.6 Å². The fourth-order valence-corrected chi connectivity index (χ4v) is 7.72. The Morgan fingerprint density at radius 2 is 0.933 bits per heavy atom. The number of likely N-dealkylation sites (N-methyl/N-ethyl adjacent to an activating group) is 1. The Hall–Kier alpha value is -1.28. The molecule has 9 heteroatoms. The van der Waals surface area contributed by atoms with Crippen LogP contribution in [0.4, 0.5) is 0 Å². The number of nitrogens with zero attached hydrogens (tertiary/aromatic N) is 1. The molecule has 2 atom stereocenters. The van der Waals surface area contributed by atoms with Crippen molar-refractivity contribution in [3.8, 4) is 0 Å². The first kappa shape index (κ1) is 58.7. The van der Waals surface area contributed by atoms with E-state index >= 15 is 0 Å². The first-order chi connectivity index (χ1) is 29.1. The third kappa shape index (κ3) is 47.8. The zero-order chi connectivity index (χ0) is 44.1. The first-order valence-electron chi connectivity index (χ1n) is 25.2. The van der Waals surface area contributed by atoms with Gasteiger partial charge in [0.15, 0.2) is 0 Å². The monoisotopic (exact) mass is 869 g/mol. The molecule has 0 aliphatic rings. The number of esters is 1. The molecule has 0 aliphatic carbocycles. The summed E-state index contributed by atoms with van der Waals surface area (Å²) in [4.78, 5) is 23.0. The van der Waals surface area contributed by atoms with Crippen LogP contribution in [0.15, 0.2) is 36.5 Å². The average molecular weight is 869 g/mol. The maximum Gasteiger partial charge on any atom is 0.472 e. The van der Waals surface area contributed by atoms with Crippen LogP contribution in [0.5, 0.6) is 0 Å². The highest BCUT2D eigenvalue weighted by Gasteiger charge is 2.26. The summed E-state index contributed by atoms with van der Waals surface area (Å²) in [5.74, 6) is -0.316. The van der Waals surface area contributed by atoms with Gasteiger partial charge in [-0.1, -0.05) is 192 Å². The number of phosphoric ester groups is 1. The molecule has 60 heavy (non-hydrogen) atoms. The Balaban J connectivity index is 4.12.